The maximum atomic E-state index is 13.7. The van der Waals surface area contributed by atoms with Crippen molar-refractivity contribution >= 4 is 33.4 Å². The van der Waals surface area contributed by atoms with Crippen molar-refractivity contribution in [3.8, 4) is 0 Å². The Morgan fingerprint density at radius 2 is 1.83 bits per heavy atom. The molecular formula is C20H23F2N3O3S2. The molecule has 162 valence electrons. The zero-order valence-electron chi connectivity index (χ0n) is 16.5. The van der Waals surface area contributed by atoms with Crippen molar-refractivity contribution in [1.29, 1.82) is 0 Å². The van der Waals surface area contributed by atoms with Crippen LogP contribution in [0.25, 0.3) is 0 Å². The lowest BCUT2D eigenvalue weighted by atomic mass is 10.2. The average Bonchev–Trinajstić information content (AvgIpc) is 3.00. The number of nitrogens with one attached hydrogen (secondary N) is 1. The van der Waals surface area contributed by atoms with E-state index in [1.54, 1.807) is 13.0 Å². The van der Waals surface area contributed by atoms with E-state index in [0.29, 0.717) is 24.2 Å². The van der Waals surface area contributed by atoms with Gasteiger partial charge in [0.15, 0.2) is 0 Å². The van der Waals surface area contributed by atoms with Crippen LogP contribution >= 0.6 is 11.8 Å². The number of amides is 1. The molecule has 1 unspecified atom stereocenters. The summed E-state index contributed by atoms with van der Waals surface area (Å²) >= 11 is 1.11. The van der Waals surface area contributed by atoms with E-state index >= 15 is 0 Å². The predicted octanol–water partition coefficient (Wildman–Crippen LogP) is 4.04. The molecule has 1 saturated heterocycles. The quantitative estimate of drug-likeness (QED) is 0.665. The molecule has 1 amide bonds. The summed E-state index contributed by atoms with van der Waals surface area (Å²) in [5, 5.41) is 2.25. The van der Waals surface area contributed by atoms with Crippen LogP contribution in [0.3, 0.4) is 0 Å². The fraction of sp³-hybridized carbons (Fsp3) is 0.400. The Labute approximate surface area is 179 Å². The minimum atomic E-state index is -3.59. The first kappa shape index (κ1) is 22.6. The number of hydrogen-bond acceptors (Lipinski definition) is 5. The Morgan fingerprint density at radius 3 is 2.43 bits per heavy atom. The van der Waals surface area contributed by atoms with Gasteiger partial charge >= 0.3 is 0 Å². The lowest BCUT2D eigenvalue weighted by Crippen LogP contribution is -2.32. The van der Waals surface area contributed by atoms with Crippen LogP contribution in [0.5, 0.6) is 0 Å². The standard InChI is InChI=1S/C20H23F2N3O3S2/c1-14(20(26)24-18-8-6-15(21)12-17(18)22)29-19-9-7-16(13-23-19)30(27,28)25-10-4-2-3-5-11-25/h6-9,12-14H,2-5,10-11H2,1H3,(H,24,26). The van der Waals surface area contributed by atoms with E-state index in [-0.39, 0.29) is 10.6 Å². The van der Waals surface area contributed by atoms with Gasteiger partial charge in [-0.05, 0) is 44.0 Å². The Balaban J connectivity index is 1.63. The van der Waals surface area contributed by atoms with Gasteiger partial charge in [-0.1, -0.05) is 24.6 Å². The molecule has 1 N–H and O–H groups in total. The van der Waals surface area contributed by atoms with Crippen molar-refractivity contribution in [3.05, 3.63) is 48.2 Å². The summed E-state index contributed by atoms with van der Waals surface area (Å²) < 4.78 is 53.8. The second-order valence-electron chi connectivity index (χ2n) is 7.02. The molecule has 1 atom stereocenters. The summed E-state index contributed by atoms with van der Waals surface area (Å²) in [5.74, 6) is -2.07. The van der Waals surface area contributed by atoms with Gasteiger partial charge in [-0.3, -0.25) is 4.79 Å². The van der Waals surface area contributed by atoms with Gasteiger partial charge in [0.1, 0.15) is 16.5 Å². The molecule has 1 aromatic heterocycles. The van der Waals surface area contributed by atoms with E-state index in [9.17, 15) is 22.0 Å². The first-order valence-electron chi connectivity index (χ1n) is 9.66. The van der Waals surface area contributed by atoms with E-state index in [4.69, 9.17) is 0 Å². The molecule has 1 aromatic carbocycles. The molecule has 1 fully saturated rings. The molecule has 10 heteroatoms. The lowest BCUT2D eigenvalue weighted by molar-refractivity contribution is -0.115. The molecule has 2 heterocycles. The van der Waals surface area contributed by atoms with Crippen LogP contribution in [0.15, 0.2) is 46.5 Å². The van der Waals surface area contributed by atoms with Crippen molar-refractivity contribution in [2.45, 2.75) is 47.8 Å². The van der Waals surface area contributed by atoms with Crippen molar-refractivity contribution in [2.24, 2.45) is 0 Å². The van der Waals surface area contributed by atoms with Crippen LogP contribution in [-0.4, -0.2) is 42.0 Å². The zero-order chi connectivity index (χ0) is 21.7. The van der Waals surface area contributed by atoms with E-state index < -0.39 is 32.8 Å². The number of carbonyl (C=O) groups excluding carboxylic acids is 1. The van der Waals surface area contributed by atoms with Gasteiger partial charge in [0.05, 0.1) is 16.0 Å². The smallest absolute Gasteiger partial charge is 0.244 e. The van der Waals surface area contributed by atoms with Crippen LogP contribution in [0.2, 0.25) is 0 Å². The molecular weight excluding hydrogens is 432 g/mol. The summed E-state index contributed by atoms with van der Waals surface area (Å²) in [5.41, 5.74) is -0.110. The highest BCUT2D eigenvalue weighted by molar-refractivity contribution is 8.00. The number of pyridine rings is 1. The number of sulfonamides is 1. The third kappa shape index (κ3) is 5.55. The molecule has 0 aliphatic carbocycles. The molecule has 0 radical (unpaired) electrons. The fourth-order valence-electron chi connectivity index (χ4n) is 3.08. The predicted molar refractivity (Wildman–Crippen MR) is 112 cm³/mol. The summed E-state index contributed by atoms with van der Waals surface area (Å²) in [7, 11) is -3.59. The highest BCUT2D eigenvalue weighted by Gasteiger charge is 2.25. The number of anilines is 1. The highest BCUT2D eigenvalue weighted by atomic mass is 32.2. The van der Waals surface area contributed by atoms with Gasteiger partial charge in [0, 0.05) is 25.4 Å². The van der Waals surface area contributed by atoms with Crippen LogP contribution < -0.4 is 5.32 Å². The Morgan fingerprint density at radius 1 is 1.13 bits per heavy atom. The number of rotatable bonds is 6. The van der Waals surface area contributed by atoms with E-state index in [2.05, 4.69) is 10.3 Å². The van der Waals surface area contributed by atoms with Gasteiger partial charge in [-0.15, -0.1) is 0 Å². The number of benzene rings is 1. The number of halogens is 2. The molecule has 2 aromatic rings. The van der Waals surface area contributed by atoms with E-state index in [1.807, 2.05) is 0 Å². The number of nitrogens with zero attached hydrogens (tertiary/aromatic N) is 2. The van der Waals surface area contributed by atoms with Crippen LogP contribution in [0, 0.1) is 11.6 Å². The SMILES string of the molecule is CC(Sc1ccc(S(=O)(=O)N2CCCCCC2)cn1)C(=O)Nc1ccc(F)cc1F. The lowest BCUT2D eigenvalue weighted by Gasteiger charge is -2.19. The van der Waals surface area contributed by atoms with Crippen LogP contribution in [0.1, 0.15) is 32.6 Å². The first-order chi connectivity index (χ1) is 14.3. The molecule has 30 heavy (non-hydrogen) atoms. The highest BCUT2D eigenvalue weighted by Crippen LogP contribution is 2.26. The van der Waals surface area contributed by atoms with Crippen LogP contribution in [-0.2, 0) is 14.8 Å². The molecule has 1 aliphatic rings. The van der Waals surface area contributed by atoms with Crippen molar-refractivity contribution in [2.75, 3.05) is 18.4 Å². The van der Waals surface area contributed by atoms with Gasteiger partial charge in [0.25, 0.3) is 0 Å². The Hall–Kier alpha value is -2.04. The number of carbonyl (C=O) groups is 1. The number of aromatic nitrogens is 1. The summed E-state index contributed by atoms with van der Waals surface area (Å²) in [6, 6.07) is 5.94. The molecule has 0 saturated carbocycles. The number of hydrogen-bond donors (Lipinski definition) is 1. The van der Waals surface area contributed by atoms with E-state index in [1.165, 1.54) is 16.6 Å². The van der Waals surface area contributed by atoms with Crippen molar-refractivity contribution < 1.29 is 22.0 Å². The third-order valence-electron chi connectivity index (χ3n) is 4.77. The average molecular weight is 456 g/mol. The topological polar surface area (TPSA) is 79.4 Å². The van der Waals surface area contributed by atoms with Crippen LogP contribution in [0.4, 0.5) is 14.5 Å². The Bertz CT molecular complexity index is 993. The normalized spacial score (nSPS) is 16.6. The summed E-state index contributed by atoms with van der Waals surface area (Å²) in [6.45, 7) is 2.64. The van der Waals surface area contributed by atoms with Crippen molar-refractivity contribution in [1.82, 2.24) is 9.29 Å². The molecule has 3 rings (SSSR count). The fourth-order valence-corrected chi connectivity index (χ4v) is 5.33. The minimum Gasteiger partial charge on any atom is -0.323 e. The molecule has 0 bridgehead atoms. The first-order valence-corrected chi connectivity index (χ1v) is 12.0. The summed E-state index contributed by atoms with van der Waals surface area (Å²) in [6.07, 6.45) is 5.06. The second-order valence-corrected chi connectivity index (χ2v) is 10.3. The third-order valence-corrected chi connectivity index (χ3v) is 7.70. The molecule has 0 spiro atoms. The maximum Gasteiger partial charge on any atom is 0.244 e. The molecule has 6 nitrogen and oxygen atoms in total. The number of thioether (sulfide) groups is 1. The van der Waals surface area contributed by atoms with Gasteiger partial charge in [-0.2, -0.15) is 4.31 Å². The monoisotopic (exact) mass is 455 g/mol. The van der Waals surface area contributed by atoms with E-state index in [0.717, 1.165) is 49.6 Å². The largest absolute Gasteiger partial charge is 0.323 e. The van der Waals surface area contributed by atoms with Gasteiger partial charge in [-0.25, -0.2) is 22.2 Å². The van der Waals surface area contributed by atoms with Crippen molar-refractivity contribution in [3.63, 3.8) is 0 Å². The second kappa shape index (κ2) is 9.84. The zero-order valence-corrected chi connectivity index (χ0v) is 18.1. The Kier molecular flexibility index (Phi) is 7.43. The summed E-state index contributed by atoms with van der Waals surface area (Å²) in [4.78, 5) is 16.6. The molecule has 1 aliphatic heterocycles. The maximum absolute atomic E-state index is 13.7. The van der Waals surface area contributed by atoms with Gasteiger partial charge < -0.3 is 5.32 Å². The minimum absolute atomic E-state index is 0.110. The van der Waals surface area contributed by atoms with Gasteiger partial charge in [0.2, 0.25) is 15.9 Å².